The molecule has 1 fully saturated rings. The molecule has 2 heterocycles. The molecule has 1 aliphatic heterocycles. The summed E-state index contributed by atoms with van der Waals surface area (Å²) < 4.78 is 11.4. The van der Waals surface area contributed by atoms with E-state index in [1.54, 1.807) is 6.08 Å². The predicted octanol–water partition coefficient (Wildman–Crippen LogP) is 3.82. The van der Waals surface area contributed by atoms with Crippen molar-refractivity contribution in [2.24, 2.45) is 10.7 Å². The van der Waals surface area contributed by atoms with Crippen LogP contribution in [0.15, 0.2) is 59.3 Å². The van der Waals surface area contributed by atoms with Crippen LogP contribution in [-0.4, -0.2) is 48.1 Å². The number of ether oxygens (including phenoxy) is 2. The van der Waals surface area contributed by atoms with Gasteiger partial charge >= 0.3 is 6.03 Å². The van der Waals surface area contributed by atoms with Gasteiger partial charge in [0.1, 0.15) is 11.6 Å². The van der Waals surface area contributed by atoms with Gasteiger partial charge < -0.3 is 25.4 Å². The van der Waals surface area contributed by atoms with Gasteiger partial charge in [0.15, 0.2) is 5.13 Å². The first-order valence-electron chi connectivity index (χ1n) is 11.0. The van der Waals surface area contributed by atoms with Crippen LogP contribution in [0.4, 0.5) is 9.93 Å². The molecule has 10 heteroatoms. The number of nitrogens with zero attached hydrogens (tertiary/aromatic N) is 3. The number of hydrogen-bond acceptors (Lipinski definition) is 8. The number of carbonyl (C=O) groups excluding carboxylic acids is 1. The van der Waals surface area contributed by atoms with Crippen molar-refractivity contribution in [2.75, 3.05) is 31.6 Å². The topological polar surface area (TPSA) is 114 Å². The van der Waals surface area contributed by atoms with Crippen molar-refractivity contribution in [3.8, 4) is 5.75 Å². The molecule has 0 spiro atoms. The summed E-state index contributed by atoms with van der Waals surface area (Å²) in [5.41, 5.74) is 7.24. The molecule has 34 heavy (non-hydrogen) atoms. The third kappa shape index (κ3) is 7.32. The zero-order chi connectivity index (χ0) is 24.6. The maximum atomic E-state index is 12.4. The highest BCUT2D eigenvalue weighted by atomic mass is 32.1. The molecule has 0 atom stereocenters. The largest absolute Gasteiger partial charge is 0.439 e. The van der Waals surface area contributed by atoms with E-state index in [4.69, 9.17) is 15.2 Å². The molecular weight excluding hydrogens is 452 g/mol. The molecule has 1 aromatic heterocycles. The van der Waals surface area contributed by atoms with E-state index in [-0.39, 0.29) is 18.0 Å². The monoisotopic (exact) mass is 484 g/mol. The van der Waals surface area contributed by atoms with Crippen molar-refractivity contribution in [3.63, 3.8) is 0 Å². The van der Waals surface area contributed by atoms with E-state index in [1.165, 1.54) is 17.5 Å². The van der Waals surface area contributed by atoms with Gasteiger partial charge in [-0.1, -0.05) is 45.5 Å². The summed E-state index contributed by atoms with van der Waals surface area (Å²) in [7, 11) is 0. The highest BCUT2D eigenvalue weighted by Crippen LogP contribution is 2.26. The number of benzene rings is 1. The average molecular weight is 485 g/mol. The van der Waals surface area contributed by atoms with Gasteiger partial charge in [0.25, 0.3) is 0 Å². The van der Waals surface area contributed by atoms with Gasteiger partial charge in [-0.15, -0.1) is 11.3 Å². The first-order valence-corrected chi connectivity index (χ1v) is 11.9. The zero-order valence-corrected chi connectivity index (χ0v) is 20.7. The van der Waals surface area contributed by atoms with Gasteiger partial charge in [-0.3, -0.25) is 5.32 Å². The zero-order valence-electron chi connectivity index (χ0n) is 19.8. The molecule has 9 nitrogen and oxygen atoms in total. The molecule has 0 bridgehead atoms. The third-order valence-electron chi connectivity index (χ3n) is 4.97. The van der Waals surface area contributed by atoms with Gasteiger partial charge in [0, 0.05) is 42.1 Å². The Labute approximate surface area is 204 Å². The number of amides is 2. The van der Waals surface area contributed by atoms with Crippen molar-refractivity contribution in [1.29, 1.82) is 0 Å². The number of nitrogens with two attached hydrogens (primary N) is 1. The van der Waals surface area contributed by atoms with Crippen LogP contribution in [0.5, 0.6) is 5.75 Å². The smallest absolute Gasteiger partial charge is 0.321 e. The highest BCUT2D eigenvalue weighted by molar-refractivity contribution is 7.13. The number of morpholine rings is 1. The predicted molar refractivity (Wildman–Crippen MR) is 136 cm³/mol. The molecule has 0 unspecified atom stereocenters. The Morgan fingerprint density at radius 1 is 1.35 bits per heavy atom. The molecule has 4 N–H and O–H groups in total. The van der Waals surface area contributed by atoms with E-state index in [9.17, 15) is 4.79 Å². The summed E-state index contributed by atoms with van der Waals surface area (Å²) in [5, 5.41) is 8.14. The Balaban J connectivity index is 1.63. The van der Waals surface area contributed by atoms with Crippen molar-refractivity contribution in [1.82, 2.24) is 15.2 Å². The highest BCUT2D eigenvalue weighted by Gasteiger charge is 2.18. The molecule has 3 rings (SSSR count). The van der Waals surface area contributed by atoms with Crippen LogP contribution in [0, 0.1) is 0 Å². The first kappa shape index (κ1) is 25.3. The van der Waals surface area contributed by atoms with Crippen LogP contribution in [0.3, 0.4) is 0 Å². The van der Waals surface area contributed by atoms with E-state index in [2.05, 4.69) is 48.0 Å². The molecule has 0 aliphatic carbocycles. The summed E-state index contributed by atoms with van der Waals surface area (Å²) in [4.78, 5) is 23.4. The van der Waals surface area contributed by atoms with Crippen LogP contribution in [0.2, 0.25) is 0 Å². The molecule has 2 amide bonds. The Morgan fingerprint density at radius 3 is 2.76 bits per heavy atom. The molecule has 1 aromatic carbocycles. The van der Waals surface area contributed by atoms with Gasteiger partial charge in [-0.2, -0.15) is 4.99 Å². The van der Waals surface area contributed by atoms with Crippen molar-refractivity contribution in [3.05, 3.63) is 65.6 Å². The molecule has 0 saturated carbocycles. The summed E-state index contributed by atoms with van der Waals surface area (Å²) in [6.45, 7) is 13.2. The van der Waals surface area contributed by atoms with E-state index < -0.39 is 0 Å². The van der Waals surface area contributed by atoms with E-state index in [1.807, 2.05) is 34.5 Å². The van der Waals surface area contributed by atoms with E-state index in [0.29, 0.717) is 48.9 Å². The fourth-order valence-corrected chi connectivity index (χ4v) is 3.98. The van der Waals surface area contributed by atoms with Gasteiger partial charge in [0.2, 0.25) is 5.90 Å². The fourth-order valence-electron chi connectivity index (χ4n) is 3.05. The number of rotatable bonds is 7. The number of anilines is 1. The maximum Gasteiger partial charge on any atom is 0.321 e. The van der Waals surface area contributed by atoms with Crippen LogP contribution in [-0.2, 0) is 16.7 Å². The summed E-state index contributed by atoms with van der Waals surface area (Å²) >= 11 is 1.40. The summed E-state index contributed by atoms with van der Waals surface area (Å²) in [6.07, 6.45) is 2.93. The number of thiazole rings is 1. The normalized spacial score (nSPS) is 14.8. The lowest BCUT2D eigenvalue weighted by Crippen LogP contribution is -2.35. The fraction of sp³-hybridized carbons (Fsp3) is 0.375. The van der Waals surface area contributed by atoms with Crippen LogP contribution in [0.1, 0.15) is 32.0 Å². The second kappa shape index (κ2) is 11.7. The minimum absolute atomic E-state index is 0.0759. The van der Waals surface area contributed by atoms with E-state index in [0.717, 1.165) is 11.3 Å². The number of nitrogens with one attached hydrogen (secondary N) is 2. The number of para-hydroxylation sites is 1. The van der Waals surface area contributed by atoms with Crippen LogP contribution in [0.25, 0.3) is 0 Å². The minimum Gasteiger partial charge on any atom is -0.439 e. The first-order chi connectivity index (χ1) is 16.3. The third-order valence-corrected chi connectivity index (χ3v) is 5.73. The van der Waals surface area contributed by atoms with Crippen molar-refractivity contribution < 1.29 is 14.3 Å². The lowest BCUT2D eigenvalue weighted by atomic mass is 9.93. The second-order valence-electron chi connectivity index (χ2n) is 8.63. The lowest BCUT2D eigenvalue weighted by molar-refractivity contribution is 0.0533. The molecular formula is C24H32N6O3S. The summed E-state index contributed by atoms with van der Waals surface area (Å²) in [5.74, 6) is 1.43. The number of hydrogen-bond donors (Lipinski definition) is 3. The average Bonchev–Trinajstić information content (AvgIpc) is 3.28. The van der Waals surface area contributed by atoms with Crippen LogP contribution >= 0.6 is 11.3 Å². The molecule has 0 radical (unpaired) electrons. The van der Waals surface area contributed by atoms with E-state index >= 15 is 0 Å². The van der Waals surface area contributed by atoms with Gasteiger partial charge in [-0.05, 0) is 12.3 Å². The molecule has 1 aliphatic rings. The standard InChI is InChI=1S/C24H32N6O3S/c1-17(30-11-13-32-14-12-30)27-21(9-10-25)33-19-8-6-5-7-18(19)15-26-22(31)29-23-28-20(16-34-23)24(2,3)4/h5-10,16H,1,11-15,25H2,2-4H3,(H2,26,28,29,31)/b10-9-,27-21+. The SMILES string of the molecule is C=C(/N=C(\C=C/N)Oc1ccccc1CNC(=O)Nc1nc(C(C)(C)C)cs1)N1CCOCC1. The van der Waals surface area contributed by atoms with Crippen LogP contribution < -0.4 is 21.1 Å². The second-order valence-corrected chi connectivity index (χ2v) is 9.49. The Hall–Kier alpha value is -3.37. The number of aromatic nitrogens is 1. The van der Waals surface area contributed by atoms with Crippen molar-refractivity contribution in [2.45, 2.75) is 32.7 Å². The van der Waals surface area contributed by atoms with Gasteiger partial charge in [0.05, 0.1) is 18.9 Å². The van der Waals surface area contributed by atoms with Gasteiger partial charge in [-0.25, -0.2) is 9.78 Å². The summed E-state index contributed by atoms with van der Waals surface area (Å²) in [6, 6.07) is 7.06. The number of carbonyl (C=O) groups is 1. The Kier molecular flexibility index (Phi) is 8.67. The quantitative estimate of drug-likeness (QED) is 0.407. The minimum atomic E-state index is -0.346. The molecule has 1 saturated heterocycles. The molecule has 182 valence electrons. The maximum absolute atomic E-state index is 12.4. The number of urea groups is 1. The number of aliphatic imine (C=N–C) groups is 1. The Bertz CT molecular complexity index is 1050. The molecule has 2 aromatic rings. The lowest BCUT2D eigenvalue weighted by Gasteiger charge is -2.28. The Morgan fingerprint density at radius 2 is 2.09 bits per heavy atom. The van der Waals surface area contributed by atoms with Crippen molar-refractivity contribution >= 4 is 28.4 Å².